The maximum atomic E-state index is 9.57. The highest BCUT2D eigenvalue weighted by atomic mass is 16.3. The van der Waals surface area contributed by atoms with Gasteiger partial charge in [0.05, 0.1) is 12.3 Å². The van der Waals surface area contributed by atoms with Crippen LogP contribution in [0.15, 0.2) is 0 Å². The molecule has 4 nitrogen and oxygen atoms in total. The maximum absolute atomic E-state index is 9.57. The molecule has 1 heterocycles. The van der Waals surface area contributed by atoms with E-state index in [1.165, 1.54) is 24.2 Å². The number of hydrogen-bond acceptors (Lipinski definition) is 3. The van der Waals surface area contributed by atoms with Crippen LogP contribution < -0.4 is 5.32 Å². The van der Waals surface area contributed by atoms with E-state index in [0.717, 1.165) is 38.2 Å². The first-order valence-electron chi connectivity index (χ1n) is 7.50. The lowest BCUT2D eigenvalue weighted by Gasteiger charge is -2.29. The Kier molecular flexibility index (Phi) is 4.63. The van der Waals surface area contributed by atoms with Crippen LogP contribution in [0.3, 0.4) is 0 Å². The van der Waals surface area contributed by atoms with Crippen LogP contribution in [0.1, 0.15) is 50.3 Å². The molecule has 0 amide bonds. The number of likely N-dealkylation sites (N-methyl/N-ethyl adjacent to an activating group) is 1. The minimum Gasteiger partial charge on any atom is -0.394 e. The largest absolute Gasteiger partial charge is 0.394 e. The highest BCUT2D eigenvalue weighted by Gasteiger charge is 2.24. The summed E-state index contributed by atoms with van der Waals surface area (Å²) in [6, 6.07) is 0. The van der Waals surface area contributed by atoms with Gasteiger partial charge in [0.15, 0.2) is 0 Å². The van der Waals surface area contributed by atoms with Crippen molar-refractivity contribution >= 4 is 0 Å². The number of aliphatic hydroxyl groups excluding tert-OH is 1. The third-order valence-corrected chi connectivity index (χ3v) is 4.26. The fourth-order valence-corrected chi connectivity index (χ4v) is 3.04. The van der Waals surface area contributed by atoms with Gasteiger partial charge in [0, 0.05) is 17.8 Å². The van der Waals surface area contributed by atoms with Gasteiger partial charge < -0.3 is 15.0 Å². The molecule has 1 atom stereocenters. The second-order valence-corrected chi connectivity index (χ2v) is 5.91. The average molecular weight is 265 g/mol. The SMILES string of the molecule is CCNC(C)(CO)CCn1c(C)nc2c1CCCC2. The van der Waals surface area contributed by atoms with E-state index >= 15 is 0 Å². The first kappa shape index (κ1) is 14.5. The first-order valence-corrected chi connectivity index (χ1v) is 7.50. The number of fused-ring (bicyclic) bond motifs is 1. The van der Waals surface area contributed by atoms with Gasteiger partial charge in [-0.1, -0.05) is 6.92 Å². The van der Waals surface area contributed by atoms with Crippen molar-refractivity contribution < 1.29 is 5.11 Å². The van der Waals surface area contributed by atoms with Gasteiger partial charge in [-0.15, -0.1) is 0 Å². The number of aliphatic hydroxyl groups is 1. The molecule has 0 saturated heterocycles. The molecular weight excluding hydrogens is 238 g/mol. The predicted molar refractivity (Wildman–Crippen MR) is 77.4 cm³/mol. The van der Waals surface area contributed by atoms with Crippen LogP contribution in [0.25, 0.3) is 0 Å². The van der Waals surface area contributed by atoms with Crippen LogP contribution in [0.4, 0.5) is 0 Å². The van der Waals surface area contributed by atoms with E-state index in [9.17, 15) is 5.11 Å². The molecule has 2 N–H and O–H groups in total. The summed E-state index contributed by atoms with van der Waals surface area (Å²) in [5, 5.41) is 13.0. The number of rotatable bonds is 6. The Labute approximate surface area is 116 Å². The summed E-state index contributed by atoms with van der Waals surface area (Å²) >= 11 is 0. The fraction of sp³-hybridized carbons (Fsp3) is 0.800. The predicted octanol–water partition coefficient (Wildman–Crippen LogP) is 1.82. The number of nitrogens with zero attached hydrogens (tertiary/aromatic N) is 2. The van der Waals surface area contributed by atoms with Crippen molar-refractivity contribution in [2.45, 2.75) is 65.0 Å². The van der Waals surface area contributed by atoms with Crippen molar-refractivity contribution in [1.82, 2.24) is 14.9 Å². The molecule has 1 unspecified atom stereocenters. The van der Waals surface area contributed by atoms with Gasteiger partial charge in [-0.3, -0.25) is 0 Å². The summed E-state index contributed by atoms with van der Waals surface area (Å²) in [4.78, 5) is 4.70. The average Bonchev–Trinajstić information content (AvgIpc) is 2.72. The molecule has 0 bridgehead atoms. The van der Waals surface area contributed by atoms with Crippen molar-refractivity contribution in [1.29, 1.82) is 0 Å². The molecule has 1 aliphatic carbocycles. The quantitative estimate of drug-likeness (QED) is 0.825. The standard InChI is InChI=1S/C15H27N3O/c1-4-16-15(3,11-19)9-10-18-12(2)17-13-7-5-6-8-14(13)18/h16,19H,4-11H2,1-3H3. The van der Waals surface area contributed by atoms with Crippen molar-refractivity contribution in [3.8, 4) is 0 Å². The molecular formula is C15H27N3O. The van der Waals surface area contributed by atoms with Gasteiger partial charge >= 0.3 is 0 Å². The van der Waals surface area contributed by atoms with Crippen LogP contribution in [0.5, 0.6) is 0 Å². The Bertz CT molecular complexity index is 427. The summed E-state index contributed by atoms with van der Waals surface area (Å²) in [6.45, 7) is 8.28. The fourth-order valence-electron chi connectivity index (χ4n) is 3.04. The van der Waals surface area contributed by atoms with Crippen LogP contribution in [0.2, 0.25) is 0 Å². The smallest absolute Gasteiger partial charge is 0.106 e. The molecule has 0 spiro atoms. The summed E-state index contributed by atoms with van der Waals surface area (Å²) in [5.41, 5.74) is 2.55. The summed E-state index contributed by atoms with van der Waals surface area (Å²) < 4.78 is 2.36. The highest BCUT2D eigenvalue weighted by Crippen LogP contribution is 2.23. The van der Waals surface area contributed by atoms with Crippen molar-refractivity contribution in [2.24, 2.45) is 0 Å². The molecule has 108 valence electrons. The molecule has 1 aliphatic rings. The normalized spacial score (nSPS) is 18.1. The summed E-state index contributed by atoms with van der Waals surface area (Å²) in [7, 11) is 0. The topological polar surface area (TPSA) is 50.1 Å². The minimum absolute atomic E-state index is 0.177. The lowest BCUT2D eigenvalue weighted by molar-refractivity contribution is 0.162. The Morgan fingerprint density at radius 1 is 1.37 bits per heavy atom. The van der Waals surface area contributed by atoms with Crippen LogP contribution in [-0.4, -0.2) is 33.3 Å². The van der Waals surface area contributed by atoms with Gasteiger partial charge in [0.25, 0.3) is 0 Å². The number of nitrogens with one attached hydrogen (secondary N) is 1. The van der Waals surface area contributed by atoms with Gasteiger partial charge in [-0.25, -0.2) is 4.98 Å². The molecule has 2 rings (SSSR count). The highest BCUT2D eigenvalue weighted by molar-refractivity contribution is 5.19. The zero-order valence-corrected chi connectivity index (χ0v) is 12.5. The second kappa shape index (κ2) is 6.06. The number of aryl methyl sites for hydroxylation is 2. The van der Waals surface area contributed by atoms with Gasteiger partial charge in [-0.05, 0) is 52.5 Å². The summed E-state index contributed by atoms with van der Waals surface area (Å²) in [5.74, 6) is 1.13. The molecule has 0 saturated carbocycles. The molecule has 0 radical (unpaired) electrons. The molecule has 1 aromatic rings. The monoisotopic (exact) mass is 265 g/mol. The van der Waals surface area contributed by atoms with Crippen molar-refractivity contribution in [3.05, 3.63) is 17.2 Å². The minimum atomic E-state index is -0.187. The zero-order chi connectivity index (χ0) is 13.9. The Morgan fingerprint density at radius 3 is 2.79 bits per heavy atom. The summed E-state index contributed by atoms with van der Waals surface area (Å²) in [6.07, 6.45) is 5.78. The van der Waals surface area contributed by atoms with Crippen molar-refractivity contribution in [3.63, 3.8) is 0 Å². The second-order valence-electron chi connectivity index (χ2n) is 5.91. The molecule has 1 aromatic heterocycles. The van der Waals surface area contributed by atoms with Crippen LogP contribution in [0, 0.1) is 6.92 Å². The lowest BCUT2D eigenvalue weighted by Crippen LogP contribution is -2.46. The van der Waals surface area contributed by atoms with Crippen LogP contribution in [-0.2, 0) is 19.4 Å². The third kappa shape index (κ3) is 3.18. The molecule has 4 heteroatoms. The first-order chi connectivity index (χ1) is 9.09. The number of imidazole rings is 1. The third-order valence-electron chi connectivity index (χ3n) is 4.26. The van der Waals surface area contributed by atoms with Gasteiger partial charge in [-0.2, -0.15) is 0 Å². The van der Waals surface area contributed by atoms with Crippen LogP contribution >= 0.6 is 0 Å². The Hall–Kier alpha value is -0.870. The number of hydrogen-bond donors (Lipinski definition) is 2. The van der Waals surface area contributed by atoms with Gasteiger partial charge in [0.1, 0.15) is 5.82 Å². The van der Waals surface area contributed by atoms with E-state index in [0.29, 0.717) is 0 Å². The maximum Gasteiger partial charge on any atom is 0.106 e. The van der Waals surface area contributed by atoms with E-state index < -0.39 is 0 Å². The van der Waals surface area contributed by atoms with E-state index in [4.69, 9.17) is 4.98 Å². The van der Waals surface area contributed by atoms with Gasteiger partial charge in [0.2, 0.25) is 0 Å². The molecule has 0 aliphatic heterocycles. The van der Waals surface area contributed by atoms with E-state index in [-0.39, 0.29) is 12.1 Å². The lowest BCUT2D eigenvalue weighted by atomic mass is 9.98. The Balaban J connectivity index is 2.09. The zero-order valence-electron chi connectivity index (χ0n) is 12.5. The number of aromatic nitrogens is 2. The molecule has 0 aromatic carbocycles. The van der Waals surface area contributed by atoms with Crippen molar-refractivity contribution in [2.75, 3.05) is 13.2 Å². The van der Waals surface area contributed by atoms with E-state index in [1.807, 2.05) is 0 Å². The van der Waals surface area contributed by atoms with E-state index in [1.54, 1.807) is 0 Å². The molecule has 0 fully saturated rings. The van der Waals surface area contributed by atoms with E-state index in [2.05, 4.69) is 30.7 Å². The Morgan fingerprint density at radius 2 is 2.11 bits per heavy atom. The molecule has 19 heavy (non-hydrogen) atoms.